The average molecular weight is 527 g/mol. The summed E-state index contributed by atoms with van der Waals surface area (Å²) in [5, 5.41) is 13.9. The van der Waals surface area contributed by atoms with Crippen molar-refractivity contribution < 1.29 is 14.3 Å². The van der Waals surface area contributed by atoms with Crippen molar-refractivity contribution in [1.29, 1.82) is 0 Å². The van der Waals surface area contributed by atoms with E-state index in [-0.39, 0.29) is 24.7 Å². The quantitative estimate of drug-likeness (QED) is 0.317. The van der Waals surface area contributed by atoms with Crippen LogP contribution in [0.2, 0.25) is 0 Å². The molecule has 9 heteroatoms. The van der Waals surface area contributed by atoms with Crippen molar-refractivity contribution in [3.8, 4) is 5.75 Å². The van der Waals surface area contributed by atoms with E-state index in [0.717, 1.165) is 36.2 Å². The van der Waals surface area contributed by atoms with Crippen LogP contribution in [0.4, 0.5) is 0 Å². The smallest absolute Gasteiger partial charge is 0.234 e. The van der Waals surface area contributed by atoms with Crippen LogP contribution < -0.4 is 4.74 Å². The van der Waals surface area contributed by atoms with Gasteiger partial charge in [-0.25, -0.2) is 0 Å². The summed E-state index contributed by atoms with van der Waals surface area (Å²) in [6.45, 7) is 2.65. The van der Waals surface area contributed by atoms with Crippen molar-refractivity contribution in [3.05, 3.63) is 107 Å². The van der Waals surface area contributed by atoms with Crippen LogP contribution in [-0.2, 0) is 16.1 Å². The molecule has 1 aromatic heterocycles. The fourth-order valence-corrected chi connectivity index (χ4v) is 5.18. The monoisotopic (exact) mass is 526 g/mol. The number of likely N-dealkylation sites (tertiary alicyclic amines) is 1. The van der Waals surface area contributed by atoms with E-state index < -0.39 is 5.92 Å². The first kappa shape index (κ1) is 26.5. The molecule has 0 aliphatic carbocycles. The van der Waals surface area contributed by atoms with Crippen LogP contribution in [0.3, 0.4) is 0 Å². The molecule has 0 bridgehead atoms. The summed E-state index contributed by atoms with van der Waals surface area (Å²) in [6, 6.07) is 27.7. The second-order valence-electron chi connectivity index (χ2n) is 9.81. The van der Waals surface area contributed by atoms with Crippen LogP contribution in [0.25, 0.3) is 0 Å². The van der Waals surface area contributed by atoms with Gasteiger partial charge in [0.05, 0.1) is 18.1 Å². The zero-order valence-corrected chi connectivity index (χ0v) is 22.3. The second-order valence-corrected chi connectivity index (χ2v) is 9.81. The van der Waals surface area contributed by atoms with Crippen LogP contribution in [0, 0.1) is 0 Å². The van der Waals surface area contributed by atoms with Crippen LogP contribution in [0.15, 0.2) is 84.9 Å². The molecule has 1 amide bonds. The molecule has 0 unspecified atom stereocenters. The van der Waals surface area contributed by atoms with Gasteiger partial charge in [-0.3, -0.25) is 9.69 Å². The highest BCUT2D eigenvalue weighted by Crippen LogP contribution is 2.32. The lowest BCUT2D eigenvalue weighted by molar-refractivity contribution is -0.133. The maximum atomic E-state index is 14.3. The molecule has 4 aromatic rings. The number of nitrogens with one attached hydrogen (secondary N) is 1. The molecule has 0 saturated carbocycles. The summed E-state index contributed by atoms with van der Waals surface area (Å²) in [7, 11) is 3.67. The number of aromatic nitrogens is 4. The predicted molar refractivity (Wildman–Crippen MR) is 147 cm³/mol. The Hall–Kier alpha value is -4.08. The molecular weight excluding hydrogens is 492 g/mol. The van der Waals surface area contributed by atoms with Gasteiger partial charge in [0.25, 0.3) is 0 Å². The number of ether oxygens (including phenoxy) is 2. The molecule has 0 spiro atoms. The van der Waals surface area contributed by atoms with Crippen LogP contribution >= 0.6 is 0 Å². The molecule has 1 N–H and O–H groups in total. The largest absolute Gasteiger partial charge is 0.485 e. The van der Waals surface area contributed by atoms with Crippen LogP contribution in [0.5, 0.6) is 5.75 Å². The number of carbonyl (C=O) groups is 1. The number of methoxy groups -OCH3 is 1. The van der Waals surface area contributed by atoms with Gasteiger partial charge in [0.2, 0.25) is 11.7 Å². The second kappa shape index (κ2) is 12.6. The molecular formula is C30H34N6O3. The topological polar surface area (TPSA) is 96.5 Å². The fraction of sp³-hybridized carbons (Fsp3) is 0.333. The summed E-state index contributed by atoms with van der Waals surface area (Å²) in [6.07, 6.45) is 1.18. The predicted octanol–water partition coefficient (Wildman–Crippen LogP) is 3.83. The van der Waals surface area contributed by atoms with Crippen LogP contribution in [-0.4, -0.2) is 76.2 Å². The number of amides is 1. The number of hydrogen-bond acceptors (Lipinski definition) is 7. The van der Waals surface area contributed by atoms with E-state index >= 15 is 0 Å². The molecule has 0 radical (unpaired) electrons. The van der Waals surface area contributed by atoms with Crippen LogP contribution in [0.1, 0.15) is 40.9 Å². The number of tetrazole rings is 1. The third-order valence-corrected chi connectivity index (χ3v) is 7.32. The number of carbonyl (C=O) groups excluding carboxylic acids is 1. The molecule has 202 valence electrons. The molecule has 39 heavy (non-hydrogen) atoms. The minimum absolute atomic E-state index is 0.0398. The van der Waals surface area contributed by atoms with E-state index in [1.807, 2.05) is 90.8 Å². The Balaban J connectivity index is 1.45. The molecule has 1 aliphatic heterocycles. The van der Waals surface area contributed by atoms with Gasteiger partial charge >= 0.3 is 0 Å². The zero-order chi connectivity index (χ0) is 27.0. The molecule has 2 atom stereocenters. The minimum atomic E-state index is -0.414. The van der Waals surface area contributed by atoms with Gasteiger partial charge in [-0.15, -0.1) is 10.2 Å². The normalized spacial score (nSPS) is 16.3. The van der Waals surface area contributed by atoms with Gasteiger partial charge in [0, 0.05) is 33.8 Å². The zero-order valence-electron chi connectivity index (χ0n) is 22.3. The van der Waals surface area contributed by atoms with Crippen molar-refractivity contribution >= 4 is 5.91 Å². The highest BCUT2D eigenvalue weighted by atomic mass is 16.5. The van der Waals surface area contributed by atoms with Crippen molar-refractivity contribution in [1.82, 2.24) is 30.4 Å². The lowest BCUT2D eigenvalue weighted by Crippen LogP contribution is -2.41. The van der Waals surface area contributed by atoms with Crippen molar-refractivity contribution in [2.75, 3.05) is 33.8 Å². The highest BCUT2D eigenvalue weighted by molar-refractivity contribution is 5.87. The Morgan fingerprint density at radius 2 is 1.72 bits per heavy atom. The first-order valence-electron chi connectivity index (χ1n) is 13.2. The van der Waals surface area contributed by atoms with Gasteiger partial charge in [-0.05, 0) is 35.2 Å². The first-order valence-corrected chi connectivity index (χ1v) is 13.2. The lowest BCUT2D eigenvalue weighted by Gasteiger charge is -2.34. The Kier molecular flexibility index (Phi) is 8.60. The van der Waals surface area contributed by atoms with Gasteiger partial charge < -0.3 is 14.4 Å². The molecule has 1 saturated heterocycles. The van der Waals surface area contributed by atoms with Gasteiger partial charge in [-0.2, -0.15) is 5.21 Å². The SMILES string of the molecule is CO[C@H]1CCN(C[C@H](c2cccc(OCc3nn[nH]n3)c2)N(C)C(=O)C(c2ccccc2)c2ccccc2)C1. The van der Waals surface area contributed by atoms with E-state index in [9.17, 15) is 4.79 Å². The number of rotatable bonds is 11. The van der Waals surface area contributed by atoms with E-state index in [1.54, 1.807) is 7.11 Å². The third kappa shape index (κ3) is 6.50. The first-order chi connectivity index (χ1) is 19.1. The standard InChI is InChI=1S/C30H34N6O3/c1-35(30(37)29(22-10-5-3-6-11-22)23-12-7-4-8-13-23)27(20-36-17-16-26(19-36)38-2)24-14-9-15-25(18-24)39-21-28-31-33-34-32-28/h3-15,18,26-27,29H,16-17,19-21H2,1-2H3,(H,31,32,33,34)/t26-,27+/m0/s1. The van der Waals surface area contributed by atoms with E-state index in [0.29, 0.717) is 18.1 Å². The number of H-pyrrole nitrogens is 1. The molecule has 1 fully saturated rings. The maximum Gasteiger partial charge on any atom is 0.234 e. The van der Waals surface area contributed by atoms with Crippen molar-refractivity contribution in [2.45, 2.75) is 31.1 Å². The molecule has 2 heterocycles. The van der Waals surface area contributed by atoms with E-state index in [2.05, 4.69) is 31.6 Å². The number of benzene rings is 3. The Morgan fingerprint density at radius 3 is 2.33 bits per heavy atom. The van der Waals surface area contributed by atoms with Crippen molar-refractivity contribution in [2.24, 2.45) is 0 Å². The van der Waals surface area contributed by atoms with Gasteiger partial charge in [0.1, 0.15) is 5.75 Å². The Morgan fingerprint density at radius 1 is 1.03 bits per heavy atom. The fourth-order valence-electron chi connectivity index (χ4n) is 5.18. The Labute approximate surface area is 228 Å². The van der Waals surface area contributed by atoms with E-state index in [1.165, 1.54) is 0 Å². The summed E-state index contributed by atoms with van der Waals surface area (Å²) in [5.74, 6) is 0.781. The number of nitrogens with zero attached hydrogens (tertiary/aromatic N) is 5. The molecule has 5 rings (SSSR count). The highest BCUT2D eigenvalue weighted by Gasteiger charge is 2.33. The van der Waals surface area contributed by atoms with Gasteiger partial charge in [-0.1, -0.05) is 78.0 Å². The van der Waals surface area contributed by atoms with Crippen molar-refractivity contribution in [3.63, 3.8) is 0 Å². The molecule has 3 aromatic carbocycles. The Bertz CT molecular complexity index is 1280. The van der Waals surface area contributed by atoms with Gasteiger partial charge in [0.15, 0.2) is 6.61 Å². The average Bonchev–Trinajstić information content (AvgIpc) is 3.68. The summed E-state index contributed by atoms with van der Waals surface area (Å²) in [5.41, 5.74) is 2.94. The number of aromatic amines is 1. The molecule has 9 nitrogen and oxygen atoms in total. The summed E-state index contributed by atoms with van der Waals surface area (Å²) in [4.78, 5) is 18.6. The third-order valence-electron chi connectivity index (χ3n) is 7.32. The summed E-state index contributed by atoms with van der Waals surface area (Å²) < 4.78 is 11.6. The number of hydrogen-bond donors (Lipinski definition) is 1. The maximum absolute atomic E-state index is 14.3. The summed E-state index contributed by atoms with van der Waals surface area (Å²) >= 11 is 0. The minimum Gasteiger partial charge on any atom is -0.485 e. The number of likely N-dealkylation sites (N-methyl/N-ethyl adjacent to an activating group) is 1. The lowest BCUT2D eigenvalue weighted by atomic mass is 9.89. The molecule has 1 aliphatic rings. The van der Waals surface area contributed by atoms with E-state index in [4.69, 9.17) is 9.47 Å².